The predicted molar refractivity (Wildman–Crippen MR) is 100 cm³/mol. The molecular formula is C13H40O5Si3. The molecule has 0 N–H and O–H groups in total. The molecule has 0 bridgehead atoms. The van der Waals surface area contributed by atoms with Gasteiger partial charge in [-0.1, -0.05) is 7.43 Å². The van der Waals surface area contributed by atoms with Crippen LogP contribution < -0.4 is 0 Å². The van der Waals surface area contributed by atoms with Crippen LogP contribution in [0.25, 0.3) is 0 Å². The Bertz CT molecular complexity index is 189. The average molecular weight is 361 g/mol. The summed E-state index contributed by atoms with van der Waals surface area (Å²) in [5, 5.41) is 0. The summed E-state index contributed by atoms with van der Waals surface area (Å²) in [6.07, 6.45) is 0. The molecule has 0 aromatic rings. The van der Waals surface area contributed by atoms with Gasteiger partial charge in [0.25, 0.3) is 0 Å². The molecule has 0 saturated heterocycles. The van der Waals surface area contributed by atoms with Crippen molar-refractivity contribution in [3.8, 4) is 0 Å². The third kappa shape index (κ3) is 29.2. The Balaban J connectivity index is -0.000000102. The zero-order chi connectivity index (χ0) is 17.0. The van der Waals surface area contributed by atoms with Gasteiger partial charge in [-0.15, -0.1) is 0 Å². The normalized spacial score (nSPS) is 11.4. The summed E-state index contributed by atoms with van der Waals surface area (Å²) in [5.74, 6) is 0. The Kier molecular flexibility index (Phi) is 19.7. The van der Waals surface area contributed by atoms with E-state index in [4.69, 9.17) is 22.1 Å². The molecular weight excluding hydrogens is 320 g/mol. The van der Waals surface area contributed by atoms with Crippen LogP contribution in [-0.2, 0) is 22.1 Å². The minimum absolute atomic E-state index is 0. The second-order valence-electron chi connectivity index (χ2n) is 6.11. The number of rotatable bonds is 5. The molecule has 0 radical (unpaired) electrons. The van der Waals surface area contributed by atoms with E-state index >= 15 is 0 Å². The fraction of sp³-hybridized carbons (Fsp3) is 1.00. The standard InChI is InChI=1S/C4H12O3Si.2C4H12OSi.CH4/c1-5-8(4,6-2)7-3;2*1-5-6(2,3)4;/h1-4H3;2*1-4H3;1H4. The van der Waals surface area contributed by atoms with Crippen molar-refractivity contribution in [2.24, 2.45) is 0 Å². The zero-order valence-electron chi connectivity index (χ0n) is 15.5. The Morgan fingerprint density at radius 3 is 0.571 bits per heavy atom. The Hall–Kier alpha value is 0.451. The van der Waals surface area contributed by atoms with Crippen LogP contribution in [-0.4, -0.2) is 61.0 Å². The van der Waals surface area contributed by atoms with Crippen LogP contribution in [0.15, 0.2) is 0 Å². The molecule has 0 amide bonds. The molecule has 0 aliphatic heterocycles. The van der Waals surface area contributed by atoms with Crippen LogP contribution in [0.2, 0.25) is 45.8 Å². The maximum Gasteiger partial charge on any atom is 0.496 e. The summed E-state index contributed by atoms with van der Waals surface area (Å²) in [7, 11) is 3.85. The second-order valence-corrected chi connectivity index (χ2v) is 18.3. The quantitative estimate of drug-likeness (QED) is 0.692. The zero-order valence-corrected chi connectivity index (χ0v) is 18.5. The Labute approximate surface area is 136 Å². The summed E-state index contributed by atoms with van der Waals surface area (Å²) in [5.41, 5.74) is 0. The van der Waals surface area contributed by atoms with Gasteiger partial charge in [0.15, 0.2) is 16.6 Å². The highest BCUT2D eigenvalue weighted by Crippen LogP contribution is 2.02. The molecule has 0 aromatic carbocycles. The maximum atomic E-state index is 5.08. The SMILES string of the molecule is C.CO[Si](C)(C)C.CO[Si](C)(C)C.CO[Si](C)(OC)OC. The van der Waals surface area contributed by atoms with Crippen LogP contribution in [0.1, 0.15) is 7.43 Å². The average Bonchev–Trinajstić information content (AvgIpc) is 2.37. The van der Waals surface area contributed by atoms with Gasteiger partial charge in [-0.05, 0) is 39.3 Å². The van der Waals surface area contributed by atoms with Crippen LogP contribution in [0.3, 0.4) is 0 Å². The van der Waals surface area contributed by atoms with Crippen LogP contribution >= 0.6 is 0 Å². The van der Waals surface area contributed by atoms with Gasteiger partial charge in [0, 0.05) is 42.1 Å². The molecule has 0 aliphatic carbocycles. The van der Waals surface area contributed by atoms with Crippen molar-refractivity contribution >= 4 is 25.4 Å². The van der Waals surface area contributed by atoms with Gasteiger partial charge in [0.05, 0.1) is 0 Å². The van der Waals surface area contributed by atoms with E-state index in [9.17, 15) is 0 Å². The summed E-state index contributed by atoms with van der Waals surface area (Å²) in [4.78, 5) is 0. The van der Waals surface area contributed by atoms with E-state index < -0.39 is 25.4 Å². The van der Waals surface area contributed by atoms with Crippen LogP contribution in [0.4, 0.5) is 0 Å². The summed E-state index contributed by atoms with van der Waals surface area (Å²) in [6, 6.07) is 0. The van der Waals surface area contributed by atoms with E-state index in [0.29, 0.717) is 0 Å². The fourth-order valence-corrected chi connectivity index (χ4v) is 0.750. The third-order valence-corrected chi connectivity index (χ3v) is 7.01. The first-order valence-corrected chi connectivity index (χ1v) is 15.6. The minimum atomic E-state index is -2.17. The lowest BCUT2D eigenvalue weighted by Gasteiger charge is -2.18. The summed E-state index contributed by atoms with van der Waals surface area (Å²) >= 11 is 0. The summed E-state index contributed by atoms with van der Waals surface area (Å²) < 4.78 is 24.9. The molecule has 21 heavy (non-hydrogen) atoms. The molecule has 0 rings (SSSR count). The molecule has 0 atom stereocenters. The molecule has 0 spiro atoms. The lowest BCUT2D eigenvalue weighted by molar-refractivity contribution is 0.132. The van der Waals surface area contributed by atoms with Crippen molar-refractivity contribution in [1.29, 1.82) is 0 Å². The largest absolute Gasteiger partial charge is 0.496 e. The summed E-state index contributed by atoms with van der Waals surface area (Å²) in [6.45, 7) is 14.8. The smallest absolute Gasteiger partial charge is 0.421 e. The highest BCUT2D eigenvalue weighted by molar-refractivity contribution is 6.70. The van der Waals surface area contributed by atoms with Crippen molar-refractivity contribution in [3.05, 3.63) is 0 Å². The van der Waals surface area contributed by atoms with Crippen molar-refractivity contribution in [3.63, 3.8) is 0 Å². The molecule has 0 aromatic heterocycles. The van der Waals surface area contributed by atoms with Crippen molar-refractivity contribution in [2.75, 3.05) is 35.5 Å². The lowest BCUT2D eigenvalue weighted by atomic mass is 11.8. The van der Waals surface area contributed by atoms with Gasteiger partial charge in [-0.25, -0.2) is 0 Å². The molecule has 0 unspecified atom stereocenters. The highest BCUT2D eigenvalue weighted by Gasteiger charge is 2.29. The molecule has 0 heterocycles. The highest BCUT2D eigenvalue weighted by atomic mass is 28.4. The first kappa shape index (κ1) is 29.5. The molecule has 0 fully saturated rings. The van der Waals surface area contributed by atoms with Crippen molar-refractivity contribution < 1.29 is 22.1 Å². The third-order valence-electron chi connectivity index (χ3n) is 2.34. The topological polar surface area (TPSA) is 46.2 Å². The number of hydrogen-bond acceptors (Lipinski definition) is 5. The van der Waals surface area contributed by atoms with E-state index in [1.807, 2.05) is 6.55 Å². The van der Waals surface area contributed by atoms with Gasteiger partial charge in [0.1, 0.15) is 0 Å². The minimum Gasteiger partial charge on any atom is -0.421 e. The van der Waals surface area contributed by atoms with Gasteiger partial charge < -0.3 is 22.1 Å². The first-order valence-electron chi connectivity index (χ1n) is 6.56. The van der Waals surface area contributed by atoms with Crippen LogP contribution in [0.5, 0.6) is 0 Å². The van der Waals surface area contributed by atoms with Gasteiger partial charge in [0.2, 0.25) is 0 Å². The number of hydrogen-bond donors (Lipinski definition) is 0. The van der Waals surface area contributed by atoms with Crippen molar-refractivity contribution in [2.45, 2.75) is 53.3 Å². The first-order chi connectivity index (χ1) is 8.80. The van der Waals surface area contributed by atoms with Gasteiger partial charge in [-0.3, -0.25) is 0 Å². The van der Waals surface area contributed by atoms with Gasteiger partial charge in [-0.2, -0.15) is 0 Å². The Morgan fingerprint density at radius 1 is 0.429 bits per heavy atom. The van der Waals surface area contributed by atoms with E-state index in [1.165, 1.54) is 0 Å². The molecule has 134 valence electrons. The van der Waals surface area contributed by atoms with E-state index in [-0.39, 0.29) is 7.43 Å². The molecule has 0 aliphatic rings. The maximum absolute atomic E-state index is 5.08. The van der Waals surface area contributed by atoms with E-state index in [0.717, 1.165) is 0 Å². The van der Waals surface area contributed by atoms with Crippen LogP contribution in [0, 0.1) is 0 Å². The van der Waals surface area contributed by atoms with E-state index in [1.54, 1.807) is 35.5 Å². The molecule has 8 heteroatoms. The monoisotopic (exact) mass is 360 g/mol. The second kappa shape index (κ2) is 14.1. The van der Waals surface area contributed by atoms with Gasteiger partial charge >= 0.3 is 8.80 Å². The lowest BCUT2D eigenvalue weighted by Crippen LogP contribution is -2.38. The fourth-order valence-electron chi connectivity index (χ4n) is 0.250. The van der Waals surface area contributed by atoms with E-state index in [2.05, 4.69) is 39.3 Å². The molecule has 5 nitrogen and oxygen atoms in total. The predicted octanol–water partition coefficient (Wildman–Crippen LogP) is 4.07. The Morgan fingerprint density at radius 2 is 0.571 bits per heavy atom. The van der Waals surface area contributed by atoms with Crippen molar-refractivity contribution in [1.82, 2.24) is 0 Å². The molecule has 0 saturated carbocycles.